The summed E-state index contributed by atoms with van der Waals surface area (Å²) >= 11 is 0. The molecule has 2 aromatic rings. The molecule has 0 bridgehead atoms. The van der Waals surface area contributed by atoms with Gasteiger partial charge in [0.05, 0.1) is 23.6 Å². The second-order valence-corrected chi connectivity index (χ2v) is 3.61. The monoisotopic (exact) mass is 206 g/mol. The number of imidazole rings is 1. The van der Waals surface area contributed by atoms with Gasteiger partial charge in [0, 0.05) is 19.3 Å². The molecule has 15 heavy (non-hydrogen) atoms. The Balaban J connectivity index is 0.000000195. The van der Waals surface area contributed by atoms with Gasteiger partial charge in [0.1, 0.15) is 0 Å². The van der Waals surface area contributed by atoms with Crippen molar-refractivity contribution in [3.63, 3.8) is 0 Å². The fraction of sp³-hybridized carbons (Fsp3) is 0.455. The number of hydrogen-bond donors (Lipinski definition) is 1. The van der Waals surface area contributed by atoms with Crippen LogP contribution in [0.4, 0.5) is 0 Å². The van der Waals surface area contributed by atoms with Crippen LogP contribution < -0.4 is 5.73 Å². The molecule has 0 aliphatic carbocycles. The Hall–Kier alpha value is -1.42. The van der Waals surface area contributed by atoms with Gasteiger partial charge in [0.2, 0.25) is 0 Å². The molecule has 2 N–H and O–H groups in total. The molecular weight excluding hydrogens is 188 g/mol. The third kappa shape index (κ3) is 3.32. The van der Waals surface area contributed by atoms with E-state index in [9.17, 15) is 0 Å². The minimum atomic E-state index is 0.384. The Kier molecular flexibility index (Phi) is 4.24. The molecule has 0 spiro atoms. The van der Waals surface area contributed by atoms with Crippen LogP contribution in [0.3, 0.4) is 0 Å². The largest absolute Gasteiger partial charge is 0.332 e. The SMILES string of the molecule is CCC(C)N.Cn1cnc2ccncc21. The molecule has 2 aromatic heterocycles. The van der Waals surface area contributed by atoms with Gasteiger partial charge >= 0.3 is 0 Å². The van der Waals surface area contributed by atoms with E-state index >= 15 is 0 Å². The van der Waals surface area contributed by atoms with Gasteiger partial charge in [-0.3, -0.25) is 4.98 Å². The lowest BCUT2D eigenvalue weighted by Crippen LogP contribution is -2.11. The van der Waals surface area contributed by atoms with Crippen LogP contribution in [0.25, 0.3) is 11.0 Å². The van der Waals surface area contributed by atoms with Crippen molar-refractivity contribution in [2.45, 2.75) is 26.3 Å². The van der Waals surface area contributed by atoms with Gasteiger partial charge < -0.3 is 10.3 Å². The summed E-state index contributed by atoms with van der Waals surface area (Å²) in [7, 11) is 1.96. The van der Waals surface area contributed by atoms with E-state index < -0.39 is 0 Å². The molecule has 0 fully saturated rings. The molecule has 2 heterocycles. The maximum atomic E-state index is 5.29. The highest BCUT2D eigenvalue weighted by molar-refractivity contribution is 5.73. The molecule has 0 saturated heterocycles. The van der Waals surface area contributed by atoms with Crippen molar-refractivity contribution in [3.8, 4) is 0 Å². The lowest BCUT2D eigenvalue weighted by molar-refractivity contribution is 0.715. The molecule has 4 nitrogen and oxygen atoms in total. The zero-order valence-corrected chi connectivity index (χ0v) is 9.51. The Morgan fingerprint density at radius 1 is 1.53 bits per heavy atom. The molecule has 82 valence electrons. The summed E-state index contributed by atoms with van der Waals surface area (Å²) in [6.45, 7) is 4.07. The fourth-order valence-electron chi connectivity index (χ4n) is 0.971. The highest BCUT2D eigenvalue weighted by Gasteiger charge is 1.94. The van der Waals surface area contributed by atoms with Gasteiger partial charge in [-0.05, 0) is 19.4 Å². The summed E-state index contributed by atoms with van der Waals surface area (Å²) in [4.78, 5) is 8.13. The van der Waals surface area contributed by atoms with Crippen molar-refractivity contribution < 1.29 is 0 Å². The molecule has 2 rings (SSSR count). The smallest absolute Gasteiger partial charge is 0.0956 e. The van der Waals surface area contributed by atoms with Crippen LogP contribution in [-0.2, 0) is 7.05 Å². The highest BCUT2D eigenvalue weighted by atomic mass is 15.0. The number of nitrogens with two attached hydrogens (primary N) is 1. The number of fused-ring (bicyclic) bond motifs is 1. The summed E-state index contributed by atoms with van der Waals surface area (Å²) < 4.78 is 1.95. The summed E-state index contributed by atoms with van der Waals surface area (Å²) in [6.07, 6.45) is 6.42. The molecule has 0 radical (unpaired) electrons. The first kappa shape index (κ1) is 11.7. The molecule has 1 unspecified atom stereocenters. The van der Waals surface area contributed by atoms with Gasteiger partial charge in [0.25, 0.3) is 0 Å². The molecule has 0 aliphatic rings. The van der Waals surface area contributed by atoms with E-state index in [1.165, 1.54) is 0 Å². The Bertz CT molecular complexity index is 406. The number of rotatable bonds is 1. The second-order valence-electron chi connectivity index (χ2n) is 3.61. The number of hydrogen-bond acceptors (Lipinski definition) is 3. The van der Waals surface area contributed by atoms with Crippen LogP contribution in [0.15, 0.2) is 24.8 Å². The van der Waals surface area contributed by atoms with E-state index in [0.717, 1.165) is 17.5 Å². The second kappa shape index (κ2) is 5.46. The summed E-state index contributed by atoms with van der Waals surface area (Å²) in [5.41, 5.74) is 7.36. The predicted octanol–water partition coefficient (Wildman–Crippen LogP) is 1.71. The number of nitrogens with zero attached hydrogens (tertiary/aromatic N) is 3. The fourth-order valence-corrected chi connectivity index (χ4v) is 0.971. The van der Waals surface area contributed by atoms with Crippen LogP contribution in [0.1, 0.15) is 20.3 Å². The van der Waals surface area contributed by atoms with Crippen molar-refractivity contribution in [2.75, 3.05) is 0 Å². The molecule has 1 atom stereocenters. The Morgan fingerprint density at radius 2 is 2.20 bits per heavy atom. The third-order valence-electron chi connectivity index (χ3n) is 2.17. The van der Waals surface area contributed by atoms with E-state index in [-0.39, 0.29) is 0 Å². The quantitative estimate of drug-likeness (QED) is 0.772. The summed E-state index contributed by atoms with van der Waals surface area (Å²) in [5, 5.41) is 0. The van der Waals surface area contributed by atoms with Gasteiger partial charge in [-0.25, -0.2) is 4.98 Å². The Morgan fingerprint density at radius 3 is 2.73 bits per heavy atom. The van der Waals surface area contributed by atoms with Gasteiger partial charge in [-0.15, -0.1) is 0 Å². The molecule has 0 aromatic carbocycles. The summed E-state index contributed by atoms with van der Waals surface area (Å²) in [5.74, 6) is 0. The minimum Gasteiger partial charge on any atom is -0.332 e. The summed E-state index contributed by atoms with van der Waals surface area (Å²) in [6, 6.07) is 2.28. The van der Waals surface area contributed by atoms with Crippen LogP contribution in [0, 0.1) is 0 Å². The van der Waals surface area contributed by atoms with Gasteiger partial charge in [-0.1, -0.05) is 6.92 Å². The van der Waals surface area contributed by atoms with Crippen molar-refractivity contribution in [3.05, 3.63) is 24.8 Å². The van der Waals surface area contributed by atoms with E-state index in [2.05, 4.69) is 16.9 Å². The van der Waals surface area contributed by atoms with E-state index in [1.807, 2.05) is 30.8 Å². The van der Waals surface area contributed by atoms with Crippen LogP contribution in [0.2, 0.25) is 0 Å². The molecule has 0 saturated carbocycles. The van der Waals surface area contributed by atoms with Crippen molar-refractivity contribution >= 4 is 11.0 Å². The average Bonchev–Trinajstić information content (AvgIpc) is 2.62. The lowest BCUT2D eigenvalue weighted by atomic mass is 10.3. The topological polar surface area (TPSA) is 56.7 Å². The average molecular weight is 206 g/mol. The predicted molar refractivity (Wildman–Crippen MR) is 62.4 cm³/mol. The number of aromatic nitrogens is 3. The molecule has 0 amide bonds. The van der Waals surface area contributed by atoms with Crippen molar-refractivity contribution in [1.82, 2.24) is 14.5 Å². The van der Waals surface area contributed by atoms with E-state index in [4.69, 9.17) is 5.73 Å². The molecular formula is C11H18N4. The Labute approximate surface area is 90.1 Å². The van der Waals surface area contributed by atoms with Crippen LogP contribution in [-0.4, -0.2) is 20.6 Å². The van der Waals surface area contributed by atoms with E-state index in [1.54, 1.807) is 12.5 Å². The normalized spacial score (nSPS) is 12.0. The van der Waals surface area contributed by atoms with Crippen LogP contribution in [0.5, 0.6) is 0 Å². The highest BCUT2D eigenvalue weighted by Crippen LogP contribution is 2.06. The maximum Gasteiger partial charge on any atom is 0.0956 e. The molecule has 0 aliphatic heterocycles. The van der Waals surface area contributed by atoms with E-state index in [0.29, 0.717) is 6.04 Å². The zero-order valence-electron chi connectivity index (χ0n) is 9.51. The van der Waals surface area contributed by atoms with Gasteiger partial charge in [0.15, 0.2) is 0 Å². The third-order valence-corrected chi connectivity index (χ3v) is 2.17. The lowest BCUT2D eigenvalue weighted by Gasteiger charge is -1.91. The first-order valence-corrected chi connectivity index (χ1v) is 5.11. The first-order valence-electron chi connectivity index (χ1n) is 5.11. The van der Waals surface area contributed by atoms with Gasteiger partial charge in [-0.2, -0.15) is 0 Å². The first-order chi connectivity index (χ1) is 7.15. The maximum absolute atomic E-state index is 5.29. The molecule has 4 heteroatoms. The van der Waals surface area contributed by atoms with Crippen LogP contribution >= 0.6 is 0 Å². The number of pyridine rings is 1. The van der Waals surface area contributed by atoms with Crippen molar-refractivity contribution in [1.29, 1.82) is 0 Å². The zero-order chi connectivity index (χ0) is 11.3. The minimum absolute atomic E-state index is 0.384. The number of aryl methyl sites for hydroxylation is 1. The van der Waals surface area contributed by atoms with Crippen molar-refractivity contribution in [2.24, 2.45) is 12.8 Å². The standard InChI is InChI=1S/C7H7N3.C4H11N/c1-10-5-9-6-2-3-8-4-7(6)10;1-3-4(2)5/h2-5H,1H3;4H,3,5H2,1-2H3.